The van der Waals surface area contributed by atoms with Gasteiger partial charge < -0.3 is 9.84 Å². The maximum Gasteiger partial charge on any atom is 0.330 e. The van der Waals surface area contributed by atoms with Crippen LogP contribution < -0.4 is 0 Å². The number of carboxylic acid groups (broad SMARTS) is 1. The Kier molecular flexibility index (Phi) is 19.6. The number of hydrogen-bond donors (Lipinski definition) is 1. The predicted molar refractivity (Wildman–Crippen MR) is 187 cm³/mol. The molecule has 0 amide bonds. The van der Waals surface area contributed by atoms with Crippen molar-refractivity contribution in [2.45, 2.75) is 162 Å². The van der Waals surface area contributed by atoms with Crippen molar-refractivity contribution in [3.05, 3.63) is 12.7 Å². The predicted octanol–water partition coefficient (Wildman–Crippen LogP) is 11.9. The van der Waals surface area contributed by atoms with Gasteiger partial charge in [0, 0.05) is 6.08 Å². The Morgan fingerprint density at radius 1 is 0.628 bits per heavy atom. The van der Waals surface area contributed by atoms with Gasteiger partial charge >= 0.3 is 11.9 Å². The minimum atomic E-state index is -0.621. The van der Waals surface area contributed by atoms with Gasteiger partial charge in [0.2, 0.25) is 0 Å². The Morgan fingerprint density at radius 2 is 1.00 bits per heavy atom. The van der Waals surface area contributed by atoms with Crippen molar-refractivity contribution in [2.24, 2.45) is 57.2 Å². The largest absolute Gasteiger partial charge is 0.481 e. The maximum atomic E-state index is 11.5. The van der Waals surface area contributed by atoms with Gasteiger partial charge in [-0.2, -0.15) is 0 Å². The number of carbonyl (C=O) groups is 2. The highest BCUT2D eigenvalue weighted by Gasteiger charge is 2.29. The summed E-state index contributed by atoms with van der Waals surface area (Å²) in [5.74, 6) is 1.40. The molecule has 1 N–H and O–H groups in total. The average molecular weight is 609 g/mol. The Balaban J connectivity index is 0. The summed E-state index contributed by atoms with van der Waals surface area (Å²) >= 11 is 0. The fourth-order valence-electron chi connectivity index (χ4n) is 6.93. The first kappa shape index (κ1) is 43.8. The molecule has 0 bridgehead atoms. The standard InChI is InChI=1S/C21H40O2.C18H36O2/c1-10-19(22)23-15-18(17(3)14-21(7,8)9)12-11-16(2)13-20(4,5)6;1-13(11-17(3,4)5)9-10-15(16(19)20)14(2)12-18(6,7)8/h10,16-18H,1,11-15H2,2-9H3;13-15H,9-12H2,1-8H3,(H,19,20). The number of ether oxygens (including phenoxy) is 1. The van der Waals surface area contributed by atoms with Crippen LogP contribution in [0, 0.1) is 57.2 Å². The summed E-state index contributed by atoms with van der Waals surface area (Å²) < 4.78 is 5.37. The third kappa shape index (κ3) is 26.8. The Hall–Kier alpha value is -1.32. The smallest absolute Gasteiger partial charge is 0.330 e. The molecule has 6 unspecified atom stereocenters. The molecule has 4 nitrogen and oxygen atoms in total. The maximum absolute atomic E-state index is 11.5. The van der Waals surface area contributed by atoms with Crippen molar-refractivity contribution in [1.82, 2.24) is 0 Å². The van der Waals surface area contributed by atoms with E-state index in [-0.39, 0.29) is 23.2 Å². The molecule has 6 atom stereocenters. The van der Waals surface area contributed by atoms with Gasteiger partial charge in [0.05, 0.1) is 12.5 Å². The number of esters is 1. The van der Waals surface area contributed by atoms with Gasteiger partial charge in [-0.15, -0.1) is 0 Å². The van der Waals surface area contributed by atoms with E-state index in [1.165, 1.54) is 18.9 Å². The van der Waals surface area contributed by atoms with Crippen molar-refractivity contribution >= 4 is 11.9 Å². The number of aliphatic carboxylic acids is 1. The van der Waals surface area contributed by atoms with Crippen LogP contribution in [0.15, 0.2) is 12.7 Å². The first-order valence-electron chi connectivity index (χ1n) is 17.2. The van der Waals surface area contributed by atoms with Crippen LogP contribution in [-0.4, -0.2) is 23.7 Å². The van der Waals surface area contributed by atoms with Crippen LogP contribution in [0.25, 0.3) is 0 Å². The van der Waals surface area contributed by atoms with E-state index in [4.69, 9.17) is 4.74 Å². The molecule has 0 aliphatic carbocycles. The topological polar surface area (TPSA) is 63.6 Å². The first-order valence-corrected chi connectivity index (χ1v) is 17.2. The van der Waals surface area contributed by atoms with Crippen LogP contribution in [0.4, 0.5) is 0 Å². The van der Waals surface area contributed by atoms with Crippen LogP contribution in [0.5, 0.6) is 0 Å². The normalized spacial score (nSPS) is 17.0. The summed E-state index contributed by atoms with van der Waals surface area (Å²) in [6, 6.07) is 0. The molecule has 43 heavy (non-hydrogen) atoms. The highest BCUT2D eigenvalue weighted by Crippen LogP contribution is 2.35. The molecular formula is C39H76O4. The molecule has 256 valence electrons. The molecule has 0 aromatic carbocycles. The second kappa shape index (κ2) is 19.3. The van der Waals surface area contributed by atoms with Crippen molar-refractivity contribution < 1.29 is 19.4 Å². The van der Waals surface area contributed by atoms with E-state index in [2.05, 4.69) is 117 Å². The highest BCUT2D eigenvalue weighted by atomic mass is 16.5. The van der Waals surface area contributed by atoms with Crippen LogP contribution in [0.1, 0.15) is 162 Å². The molecule has 0 rings (SSSR count). The van der Waals surface area contributed by atoms with Crippen molar-refractivity contribution in [3.63, 3.8) is 0 Å². The zero-order valence-electron chi connectivity index (χ0n) is 31.8. The molecule has 0 saturated heterocycles. The van der Waals surface area contributed by atoms with Gasteiger partial charge in [0.1, 0.15) is 0 Å². The third-order valence-corrected chi connectivity index (χ3v) is 8.21. The fourth-order valence-corrected chi connectivity index (χ4v) is 6.93. The van der Waals surface area contributed by atoms with E-state index in [1.54, 1.807) is 0 Å². The summed E-state index contributed by atoms with van der Waals surface area (Å²) in [5, 5.41) is 9.49. The molecule has 0 saturated carbocycles. The summed E-state index contributed by atoms with van der Waals surface area (Å²) in [5.41, 5.74) is 1.21. The van der Waals surface area contributed by atoms with Crippen LogP contribution in [0.3, 0.4) is 0 Å². The van der Waals surface area contributed by atoms with E-state index >= 15 is 0 Å². The molecule has 0 radical (unpaired) electrons. The number of carbonyl (C=O) groups excluding carboxylic acids is 1. The van der Waals surface area contributed by atoms with Gasteiger partial charge in [0.25, 0.3) is 0 Å². The zero-order valence-corrected chi connectivity index (χ0v) is 31.8. The molecule has 0 aliphatic heterocycles. The third-order valence-electron chi connectivity index (χ3n) is 8.21. The summed E-state index contributed by atoms with van der Waals surface area (Å²) in [6.45, 7) is 40.0. The lowest BCUT2D eigenvalue weighted by molar-refractivity contribution is -0.144. The molecule has 4 heteroatoms. The molecule has 0 fully saturated rings. The number of carboxylic acids is 1. The monoisotopic (exact) mass is 609 g/mol. The molecule has 0 aromatic heterocycles. The van der Waals surface area contributed by atoms with E-state index in [0.29, 0.717) is 46.5 Å². The lowest BCUT2D eigenvalue weighted by atomic mass is 9.76. The SMILES string of the molecule is C=CC(=O)OCC(CCC(C)CC(C)(C)C)C(C)CC(C)(C)C.CC(CCC(C(=O)O)C(C)CC(C)(C)C)CC(C)(C)C. The second-order valence-electron chi connectivity index (χ2n) is 18.9. The van der Waals surface area contributed by atoms with Crippen molar-refractivity contribution in [2.75, 3.05) is 6.61 Å². The highest BCUT2D eigenvalue weighted by molar-refractivity contribution is 5.81. The molecule has 0 spiro atoms. The number of hydrogen-bond acceptors (Lipinski definition) is 3. The minimum absolute atomic E-state index is 0.198. The van der Waals surface area contributed by atoms with E-state index < -0.39 is 5.97 Å². The summed E-state index contributed by atoms with van der Waals surface area (Å²) in [7, 11) is 0. The lowest BCUT2D eigenvalue weighted by Crippen LogP contribution is -2.26. The van der Waals surface area contributed by atoms with Gasteiger partial charge in [-0.05, 0) is 96.2 Å². The van der Waals surface area contributed by atoms with Crippen molar-refractivity contribution in [1.29, 1.82) is 0 Å². The van der Waals surface area contributed by atoms with Crippen LogP contribution in [0.2, 0.25) is 0 Å². The van der Waals surface area contributed by atoms with Crippen LogP contribution >= 0.6 is 0 Å². The first-order chi connectivity index (χ1) is 19.2. The van der Waals surface area contributed by atoms with Crippen LogP contribution in [-0.2, 0) is 14.3 Å². The van der Waals surface area contributed by atoms with E-state index in [1.807, 2.05) is 0 Å². The van der Waals surface area contributed by atoms with Gasteiger partial charge in [-0.1, -0.05) is 124 Å². The fraction of sp³-hybridized carbons (Fsp3) is 0.897. The molecule has 0 heterocycles. The van der Waals surface area contributed by atoms with E-state index in [9.17, 15) is 14.7 Å². The molecule has 0 aliphatic rings. The molecular weight excluding hydrogens is 532 g/mol. The second-order valence-corrected chi connectivity index (χ2v) is 18.9. The average Bonchev–Trinajstić information content (AvgIpc) is 2.74. The van der Waals surface area contributed by atoms with Gasteiger partial charge in [-0.25, -0.2) is 4.79 Å². The number of rotatable bonds is 16. The Morgan fingerprint density at radius 3 is 1.35 bits per heavy atom. The van der Waals surface area contributed by atoms with E-state index in [0.717, 1.165) is 38.5 Å². The Bertz CT molecular complexity index is 784. The minimum Gasteiger partial charge on any atom is -0.481 e. The zero-order chi connectivity index (χ0) is 34.4. The summed E-state index contributed by atoms with van der Waals surface area (Å²) in [6.07, 6.45) is 9.92. The molecule has 0 aromatic rings. The van der Waals surface area contributed by atoms with Gasteiger partial charge in [0.15, 0.2) is 0 Å². The van der Waals surface area contributed by atoms with Gasteiger partial charge in [-0.3, -0.25) is 4.79 Å². The quantitative estimate of drug-likeness (QED) is 0.140. The summed E-state index contributed by atoms with van der Waals surface area (Å²) in [4.78, 5) is 22.9. The lowest BCUT2D eigenvalue weighted by Gasteiger charge is -2.31. The van der Waals surface area contributed by atoms with Crippen molar-refractivity contribution in [3.8, 4) is 0 Å². The Labute approximate surface area is 269 Å².